The fraction of sp³-hybridized carbons (Fsp3) is 0.467. The molecular weight excluding hydrogens is 319 g/mol. The summed E-state index contributed by atoms with van der Waals surface area (Å²) < 4.78 is 22.9. The van der Waals surface area contributed by atoms with E-state index in [1.807, 2.05) is 0 Å². The maximum atomic E-state index is 12.4. The lowest BCUT2D eigenvalue weighted by Gasteiger charge is -2.17. The normalized spacial score (nSPS) is 12.7. The van der Waals surface area contributed by atoms with Gasteiger partial charge in [-0.2, -0.15) is 0 Å². The van der Waals surface area contributed by atoms with Crippen molar-refractivity contribution in [3.05, 3.63) is 35.4 Å². The summed E-state index contributed by atoms with van der Waals surface area (Å²) in [5, 5.41) is 2.49. The Kier molecular flexibility index (Phi) is 7.42. The molecule has 2 amide bonds. The van der Waals surface area contributed by atoms with Crippen molar-refractivity contribution in [2.75, 3.05) is 13.2 Å². The van der Waals surface area contributed by atoms with Gasteiger partial charge in [0.15, 0.2) is 0 Å². The number of nitrogens with two attached hydrogens (primary N) is 1. The third-order valence-electron chi connectivity index (χ3n) is 3.02. The number of hydrogen-bond acceptors (Lipinski definition) is 5. The molecule has 8 heteroatoms. The Morgan fingerprint density at radius 1 is 1.17 bits per heavy atom. The van der Waals surface area contributed by atoms with Crippen LogP contribution >= 0.6 is 7.60 Å². The van der Waals surface area contributed by atoms with E-state index in [1.54, 1.807) is 38.1 Å². The van der Waals surface area contributed by atoms with E-state index < -0.39 is 25.5 Å². The fourth-order valence-electron chi connectivity index (χ4n) is 1.86. The zero-order valence-corrected chi connectivity index (χ0v) is 14.5. The summed E-state index contributed by atoms with van der Waals surface area (Å²) in [4.78, 5) is 22.9. The molecule has 0 radical (unpaired) electrons. The van der Waals surface area contributed by atoms with Crippen molar-refractivity contribution in [1.29, 1.82) is 0 Å². The van der Waals surface area contributed by atoms with Crippen LogP contribution in [0.15, 0.2) is 24.3 Å². The number of primary amides is 1. The number of carbonyl (C=O) groups excluding carboxylic acids is 2. The molecule has 1 aromatic rings. The van der Waals surface area contributed by atoms with Crippen molar-refractivity contribution in [1.82, 2.24) is 5.32 Å². The van der Waals surface area contributed by atoms with Crippen LogP contribution in [0.4, 0.5) is 0 Å². The monoisotopic (exact) mass is 342 g/mol. The summed E-state index contributed by atoms with van der Waals surface area (Å²) in [6.45, 7) is 5.60. The van der Waals surface area contributed by atoms with Crippen LogP contribution < -0.4 is 11.1 Å². The molecule has 0 unspecified atom stereocenters. The molecule has 0 saturated heterocycles. The molecule has 0 aromatic heterocycles. The van der Waals surface area contributed by atoms with Crippen LogP contribution in [0.1, 0.15) is 36.7 Å². The smallest absolute Gasteiger partial charge is 0.335 e. The highest BCUT2D eigenvalue weighted by Gasteiger charge is 2.24. The Morgan fingerprint density at radius 3 is 2.13 bits per heavy atom. The van der Waals surface area contributed by atoms with Gasteiger partial charge in [-0.1, -0.05) is 12.1 Å². The summed E-state index contributed by atoms with van der Waals surface area (Å²) in [5.74, 6) is -1.01. The van der Waals surface area contributed by atoms with Gasteiger partial charge in [0.05, 0.1) is 19.4 Å². The van der Waals surface area contributed by atoms with Crippen LogP contribution in [0.2, 0.25) is 0 Å². The van der Waals surface area contributed by atoms with Crippen molar-refractivity contribution in [3.8, 4) is 0 Å². The Labute approximate surface area is 136 Å². The van der Waals surface area contributed by atoms with E-state index in [4.69, 9.17) is 14.8 Å². The minimum absolute atomic E-state index is 0.133. The van der Waals surface area contributed by atoms with Crippen molar-refractivity contribution < 1.29 is 23.2 Å². The third kappa shape index (κ3) is 6.14. The highest BCUT2D eigenvalue weighted by molar-refractivity contribution is 7.53. The molecule has 0 saturated carbocycles. The Balaban J connectivity index is 2.78. The van der Waals surface area contributed by atoms with Gasteiger partial charge in [-0.25, -0.2) is 0 Å². The van der Waals surface area contributed by atoms with Gasteiger partial charge in [-0.05, 0) is 38.5 Å². The van der Waals surface area contributed by atoms with E-state index in [-0.39, 0.29) is 6.16 Å². The van der Waals surface area contributed by atoms with Crippen LogP contribution in [0, 0.1) is 0 Å². The first-order valence-electron chi connectivity index (χ1n) is 7.38. The average Bonchev–Trinajstić information content (AvgIpc) is 2.48. The second-order valence-electron chi connectivity index (χ2n) is 4.90. The maximum absolute atomic E-state index is 12.4. The summed E-state index contributed by atoms with van der Waals surface area (Å²) in [6.07, 6.45) is 0.133. The SMILES string of the molecule is CCOP(=O)(Cc1ccc(C(=O)N[C@@H](C)C(N)=O)cc1)OCC. The molecule has 0 aliphatic rings. The number of amides is 2. The summed E-state index contributed by atoms with van der Waals surface area (Å²) in [5.41, 5.74) is 6.21. The lowest BCUT2D eigenvalue weighted by atomic mass is 10.1. The van der Waals surface area contributed by atoms with Gasteiger partial charge in [-0.15, -0.1) is 0 Å². The van der Waals surface area contributed by atoms with E-state index in [1.165, 1.54) is 6.92 Å². The van der Waals surface area contributed by atoms with Crippen LogP contribution in [0.5, 0.6) is 0 Å². The topological polar surface area (TPSA) is 108 Å². The van der Waals surface area contributed by atoms with Gasteiger partial charge in [0.25, 0.3) is 5.91 Å². The first-order valence-corrected chi connectivity index (χ1v) is 9.11. The zero-order chi connectivity index (χ0) is 17.5. The molecule has 0 aliphatic carbocycles. The van der Waals surface area contributed by atoms with Crippen molar-refractivity contribution in [2.24, 2.45) is 5.73 Å². The highest BCUT2D eigenvalue weighted by atomic mass is 31.2. The first-order chi connectivity index (χ1) is 10.8. The second kappa shape index (κ2) is 8.82. The van der Waals surface area contributed by atoms with E-state index >= 15 is 0 Å². The molecule has 0 bridgehead atoms. The molecule has 1 rings (SSSR count). The predicted molar refractivity (Wildman–Crippen MR) is 87.1 cm³/mol. The quantitative estimate of drug-likeness (QED) is 0.668. The molecule has 7 nitrogen and oxygen atoms in total. The number of carbonyl (C=O) groups is 2. The van der Waals surface area contributed by atoms with Gasteiger partial charge < -0.3 is 20.1 Å². The number of benzene rings is 1. The summed E-state index contributed by atoms with van der Waals surface area (Å²) in [7, 11) is -3.18. The molecule has 0 spiro atoms. The van der Waals surface area contributed by atoms with Gasteiger partial charge in [0.2, 0.25) is 5.91 Å². The largest absolute Gasteiger partial charge is 0.368 e. The number of nitrogens with one attached hydrogen (secondary N) is 1. The molecule has 3 N–H and O–H groups in total. The first kappa shape index (κ1) is 19.4. The highest BCUT2D eigenvalue weighted by Crippen LogP contribution is 2.51. The molecular formula is C15H23N2O5P. The second-order valence-corrected chi connectivity index (χ2v) is 6.95. The summed E-state index contributed by atoms with van der Waals surface area (Å²) in [6, 6.07) is 5.77. The van der Waals surface area contributed by atoms with Crippen LogP contribution in [-0.2, 0) is 24.6 Å². The lowest BCUT2D eigenvalue weighted by Crippen LogP contribution is -2.42. The number of rotatable bonds is 9. The Bertz CT molecular complexity index is 578. The van der Waals surface area contributed by atoms with Gasteiger partial charge in [-0.3, -0.25) is 14.2 Å². The van der Waals surface area contributed by atoms with E-state index in [0.29, 0.717) is 18.8 Å². The molecule has 1 aromatic carbocycles. The standard InChI is InChI=1S/C15H23N2O5P/c1-4-21-23(20,22-5-2)10-12-6-8-13(9-7-12)15(19)17-11(3)14(16)18/h6-9,11H,4-5,10H2,1-3H3,(H2,16,18)(H,17,19)/t11-/m0/s1. The van der Waals surface area contributed by atoms with Gasteiger partial charge in [0.1, 0.15) is 6.04 Å². The Morgan fingerprint density at radius 2 is 1.70 bits per heavy atom. The van der Waals surface area contributed by atoms with E-state index in [2.05, 4.69) is 5.32 Å². The molecule has 23 heavy (non-hydrogen) atoms. The third-order valence-corrected chi connectivity index (χ3v) is 5.07. The van der Waals surface area contributed by atoms with E-state index in [0.717, 1.165) is 5.56 Å². The fourth-order valence-corrected chi connectivity index (χ4v) is 3.56. The minimum Gasteiger partial charge on any atom is -0.368 e. The van der Waals surface area contributed by atoms with Crippen molar-refractivity contribution in [3.63, 3.8) is 0 Å². The summed E-state index contributed by atoms with van der Waals surface area (Å²) >= 11 is 0. The Hall–Kier alpha value is -1.69. The molecule has 0 fully saturated rings. The lowest BCUT2D eigenvalue weighted by molar-refractivity contribution is -0.119. The molecule has 0 aliphatic heterocycles. The number of hydrogen-bond donors (Lipinski definition) is 2. The van der Waals surface area contributed by atoms with Crippen molar-refractivity contribution >= 4 is 19.4 Å². The average molecular weight is 342 g/mol. The minimum atomic E-state index is -3.18. The van der Waals surface area contributed by atoms with Gasteiger partial charge in [0, 0.05) is 5.56 Å². The van der Waals surface area contributed by atoms with Crippen molar-refractivity contribution in [2.45, 2.75) is 33.0 Å². The zero-order valence-electron chi connectivity index (χ0n) is 13.6. The maximum Gasteiger partial charge on any atom is 0.335 e. The van der Waals surface area contributed by atoms with Gasteiger partial charge >= 0.3 is 7.60 Å². The van der Waals surface area contributed by atoms with Crippen LogP contribution in [0.25, 0.3) is 0 Å². The van der Waals surface area contributed by atoms with E-state index in [9.17, 15) is 14.2 Å². The molecule has 1 atom stereocenters. The molecule has 128 valence electrons. The molecule has 0 heterocycles. The van der Waals surface area contributed by atoms with Crippen LogP contribution in [-0.4, -0.2) is 31.1 Å². The predicted octanol–water partition coefficient (Wildman–Crippen LogP) is 2.06. The van der Waals surface area contributed by atoms with Crippen LogP contribution in [0.3, 0.4) is 0 Å².